The third-order valence-electron chi connectivity index (χ3n) is 2.08. The lowest BCUT2D eigenvalue weighted by atomic mass is 10.0. The van der Waals surface area contributed by atoms with Crippen LogP contribution in [0.3, 0.4) is 0 Å². The summed E-state index contributed by atoms with van der Waals surface area (Å²) in [7, 11) is -7.31. The highest BCUT2D eigenvalue weighted by atomic mass is 32.2. The van der Waals surface area contributed by atoms with Crippen LogP contribution in [0.4, 0.5) is 0 Å². The van der Waals surface area contributed by atoms with Gasteiger partial charge in [-0.1, -0.05) is 0 Å². The molecule has 18 heavy (non-hydrogen) atoms. The van der Waals surface area contributed by atoms with E-state index in [4.69, 9.17) is 15.0 Å². The first-order valence-electron chi connectivity index (χ1n) is 5.43. The maximum Gasteiger partial charge on any atom is 0.267 e. The van der Waals surface area contributed by atoms with Crippen molar-refractivity contribution >= 4 is 20.0 Å². The fraction of sp³-hybridized carbons (Fsp3) is 1.00. The molecule has 0 atom stereocenters. The smallest absolute Gasteiger partial charge is 0.267 e. The third kappa shape index (κ3) is 12.2. The number of nitrogens with two attached hydrogens (primary N) is 1. The minimum Gasteiger partial charge on any atom is -0.379 e. The van der Waals surface area contributed by atoms with Crippen molar-refractivity contribution in [2.75, 3.05) is 30.5 Å². The molecule has 7 nitrogen and oxygen atoms in total. The zero-order chi connectivity index (χ0) is 14.4. The molecule has 110 valence electrons. The zero-order valence-corrected chi connectivity index (χ0v) is 12.3. The summed E-state index contributed by atoms with van der Waals surface area (Å²) < 4.78 is 57.0. The van der Waals surface area contributed by atoms with Gasteiger partial charge in [-0.3, -0.25) is 4.55 Å². The Morgan fingerprint density at radius 3 is 2.00 bits per heavy atom. The molecular formula is C9H21NO6S2. The number of hydrogen-bond donors (Lipinski definition) is 2. The highest BCUT2D eigenvalue weighted by molar-refractivity contribution is 7.91. The Labute approximate surface area is 108 Å². The summed E-state index contributed by atoms with van der Waals surface area (Å²) in [5, 5.41) is 0. The molecule has 0 aromatic carbocycles. The molecule has 0 aromatic rings. The van der Waals surface area contributed by atoms with Crippen LogP contribution in [0.5, 0.6) is 0 Å². The summed E-state index contributed by atoms with van der Waals surface area (Å²) in [4.78, 5) is 0. The van der Waals surface area contributed by atoms with Gasteiger partial charge in [-0.15, -0.1) is 0 Å². The van der Waals surface area contributed by atoms with E-state index in [2.05, 4.69) is 0 Å². The molecule has 0 aliphatic rings. The zero-order valence-electron chi connectivity index (χ0n) is 10.6. The second-order valence-corrected chi connectivity index (χ2v) is 8.66. The predicted molar refractivity (Wildman–Crippen MR) is 68.8 cm³/mol. The first kappa shape index (κ1) is 17.8. The Hall–Kier alpha value is -0.220. The Morgan fingerprint density at radius 1 is 1.06 bits per heavy atom. The molecule has 0 aromatic heterocycles. The van der Waals surface area contributed by atoms with Crippen LogP contribution in [0, 0.1) is 0 Å². The number of sulfone groups is 1. The molecular weight excluding hydrogens is 282 g/mol. The molecule has 0 rings (SSSR count). The fourth-order valence-electron chi connectivity index (χ4n) is 0.973. The Bertz CT molecular complexity index is 434. The maximum absolute atomic E-state index is 11.5. The van der Waals surface area contributed by atoms with Gasteiger partial charge in [-0.25, -0.2) is 8.42 Å². The van der Waals surface area contributed by atoms with Gasteiger partial charge in [0.05, 0.1) is 30.5 Å². The Balaban J connectivity index is 3.85. The highest BCUT2D eigenvalue weighted by Crippen LogP contribution is 2.06. The van der Waals surface area contributed by atoms with Gasteiger partial charge < -0.3 is 10.5 Å². The first-order valence-corrected chi connectivity index (χ1v) is 8.87. The van der Waals surface area contributed by atoms with E-state index in [0.717, 1.165) is 0 Å². The molecule has 0 aliphatic carbocycles. The van der Waals surface area contributed by atoms with Crippen LogP contribution in [0.2, 0.25) is 0 Å². The fourth-order valence-corrected chi connectivity index (χ4v) is 2.71. The van der Waals surface area contributed by atoms with E-state index in [9.17, 15) is 16.8 Å². The van der Waals surface area contributed by atoms with Crippen molar-refractivity contribution in [3.05, 3.63) is 0 Å². The summed E-state index contributed by atoms with van der Waals surface area (Å²) in [5.74, 6) is -0.754. The van der Waals surface area contributed by atoms with Crippen LogP contribution in [0.15, 0.2) is 0 Å². The normalized spacial score (nSPS) is 13.8. The van der Waals surface area contributed by atoms with Crippen LogP contribution in [0.1, 0.15) is 20.3 Å². The van der Waals surface area contributed by atoms with Crippen LogP contribution < -0.4 is 5.73 Å². The van der Waals surface area contributed by atoms with E-state index >= 15 is 0 Å². The van der Waals surface area contributed by atoms with Gasteiger partial charge in [0, 0.05) is 5.54 Å². The van der Waals surface area contributed by atoms with Gasteiger partial charge in [0.15, 0.2) is 9.84 Å². The van der Waals surface area contributed by atoms with Crippen molar-refractivity contribution in [2.45, 2.75) is 25.8 Å². The summed E-state index contributed by atoms with van der Waals surface area (Å²) in [5.41, 5.74) is 5.13. The molecule has 0 amide bonds. The minimum atomic E-state index is -4.06. The standard InChI is InChI=1S/C9H21NO6S2/c1-9(2,10)3-6-17(11,12)7-4-16-5-8-18(13,14)15/h3-8,10H2,1-2H3,(H,13,14,15). The molecule has 0 fully saturated rings. The third-order valence-corrected chi connectivity index (χ3v) is 4.38. The molecule has 0 saturated carbocycles. The van der Waals surface area contributed by atoms with Crippen LogP contribution in [-0.2, 0) is 24.7 Å². The summed E-state index contributed by atoms with van der Waals surface area (Å²) in [6.45, 7) is 3.16. The maximum atomic E-state index is 11.5. The Kier molecular flexibility index (Phi) is 6.72. The molecule has 0 heterocycles. The van der Waals surface area contributed by atoms with Crippen LogP contribution >= 0.6 is 0 Å². The summed E-state index contributed by atoms with van der Waals surface area (Å²) in [6, 6.07) is 0. The first-order chi connectivity index (χ1) is 7.91. The lowest BCUT2D eigenvalue weighted by Crippen LogP contribution is -2.34. The van der Waals surface area contributed by atoms with Crippen molar-refractivity contribution < 1.29 is 26.1 Å². The van der Waals surface area contributed by atoms with Crippen molar-refractivity contribution in [2.24, 2.45) is 5.73 Å². The molecule has 0 bridgehead atoms. The van der Waals surface area contributed by atoms with Gasteiger partial charge in [-0.2, -0.15) is 8.42 Å². The number of hydrogen-bond acceptors (Lipinski definition) is 6. The quantitative estimate of drug-likeness (QED) is 0.432. The van der Waals surface area contributed by atoms with Gasteiger partial charge in [0.2, 0.25) is 0 Å². The van der Waals surface area contributed by atoms with Crippen LogP contribution in [-0.4, -0.2) is 57.4 Å². The summed E-state index contributed by atoms with van der Waals surface area (Å²) >= 11 is 0. The molecule has 0 spiro atoms. The van der Waals surface area contributed by atoms with E-state index in [0.29, 0.717) is 6.42 Å². The van der Waals surface area contributed by atoms with Crippen molar-refractivity contribution in [1.82, 2.24) is 0 Å². The number of ether oxygens (including phenoxy) is 1. The molecule has 3 N–H and O–H groups in total. The lowest BCUT2D eigenvalue weighted by Gasteiger charge is -2.17. The van der Waals surface area contributed by atoms with E-state index in [1.165, 1.54) is 0 Å². The van der Waals surface area contributed by atoms with E-state index in [-0.39, 0.29) is 24.7 Å². The monoisotopic (exact) mass is 303 g/mol. The molecule has 0 radical (unpaired) electrons. The number of rotatable bonds is 9. The average molecular weight is 303 g/mol. The second-order valence-electron chi connectivity index (χ2n) is 4.79. The molecule has 0 unspecified atom stereocenters. The van der Waals surface area contributed by atoms with E-state index < -0.39 is 31.2 Å². The van der Waals surface area contributed by atoms with Gasteiger partial charge >= 0.3 is 0 Å². The van der Waals surface area contributed by atoms with Crippen molar-refractivity contribution in [3.8, 4) is 0 Å². The molecule has 9 heteroatoms. The largest absolute Gasteiger partial charge is 0.379 e. The lowest BCUT2D eigenvalue weighted by molar-refractivity contribution is 0.163. The summed E-state index contributed by atoms with van der Waals surface area (Å²) in [6.07, 6.45) is 0.348. The van der Waals surface area contributed by atoms with E-state index in [1.807, 2.05) is 0 Å². The molecule has 0 saturated heterocycles. The second kappa shape index (κ2) is 6.80. The van der Waals surface area contributed by atoms with Gasteiger partial charge in [0.25, 0.3) is 10.1 Å². The topological polar surface area (TPSA) is 124 Å². The van der Waals surface area contributed by atoms with Gasteiger partial charge in [0.1, 0.15) is 0 Å². The van der Waals surface area contributed by atoms with Gasteiger partial charge in [-0.05, 0) is 20.3 Å². The van der Waals surface area contributed by atoms with E-state index in [1.54, 1.807) is 13.8 Å². The predicted octanol–water partition coefficient (Wildman–Crippen LogP) is -0.567. The molecule has 0 aliphatic heterocycles. The van der Waals surface area contributed by atoms with Crippen molar-refractivity contribution in [3.63, 3.8) is 0 Å². The Morgan fingerprint density at radius 2 is 1.56 bits per heavy atom. The van der Waals surface area contributed by atoms with Crippen LogP contribution in [0.25, 0.3) is 0 Å². The minimum absolute atomic E-state index is 0.0296. The highest BCUT2D eigenvalue weighted by Gasteiger charge is 2.17. The average Bonchev–Trinajstić information content (AvgIpc) is 2.11. The van der Waals surface area contributed by atoms with Crippen molar-refractivity contribution in [1.29, 1.82) is 0 Å². The SMILES string of the molecule is CC(C)(N)CCS(=O)(=O)CCOCCS(=O)(=O)O.